The number of nitrogens with zero attached hydrogens (tertiary/aromatic N) is 3. The van der Waals surface area contributed by atoms with Crippen molar-refractivity contribution in [3.8, 4) is 0 Å². The molecule has 1 fully saturated rings. The van der Waals surface area contributed by atoms with Crippen LogP contribution < -0.4 is 5.32 Å². The topological polar surface area (TPSA) is 50.2 Å². The van der Waals surface area contributed by atoms with Crippen LogP contribution >= 0.6 is 0 Å². The first-order valence-electron chi connectivity index (χ1n) is 8.85. The highest BCUT2D eigenvalue weighted by atomic mass is 16.2. The van der Waals surface area contributed by atoms with Gasteiger partial charge in [0, 0.05) is 44.6 Å². The van der Waals surface area contributed by atoms with E-state index >= 15 is 0 Å². The minimum Gasteiger partial charge on any atom is -0.336 e. The summed E-state index contributed by atoms with van der Waals surface area (Å²) in [7, 11) is 1.98. The lowest BCUT2D eigenvalue weighted by atomic mass is 9.90. The second-order valence-electron chi connectivity index (χ2n) is 6.81. The molecular weight excluding hydrogens is 300 g/mol. The number of benzene rings is 1. The smallest absolute Gasteiger partial charge is 0.254 e. The van der Waals surface area contributed by atoms with Gasteiger partial charge in [-0.2, -0.15) is 0 Å². The molecule has 1 aromatic carbocycles. The molecule has 24 heavy (non-hydrogen) atoms. The summed E-state index contributed by atoms with van der Waals surface area (Å²) < 4.78 is 2.00. The molecule has 5 heteroatoms. The fraction of sp³-hybridized carbons (Fsp3) is 0.474. The predicted octanol–water partition coefficient (Wildman–Crippen LogP) is 2.09. The fourth-order valence-electron chi connectivity index (χ4n) is 3.91. The van der Waals surface area contributed by atoms with Gasteiger partial charge in [0.15, 0.2) is 0 Å². The molecule has 1 amide bonds. The largest absolute Gasteiger partial charge is 0.336 e. The molecule has 1 saturated heterocycles. The summed E-state index contributed by atoms with van der Waals surface area (Å²) in [5.41, 5.74) is 3.59. The number of rotatable bonds is 2. The Balaban J connectivity index is 1.63. The second-order valence-corrected chi connectivity index (χ2v) is 6.81. The van der Waals surface area contributed by atoms with Gasteiger partial charge < -0.3 is 14.8 Å². The summed E-state index contributed by atoms with van der Waals surface area (Å²) in [5, 5.41) is 3.39. The van der Waals surface area contributed by atoms with E-state index in [0.29, 0.717) is 6.54 Å². The van der Waals surface area contributed by atoms with Crippen LogP contribution in [0.5, 0.6) is 0 Å². The maximum absolute atomic E-state index is 13.2. The molecule has 0 bridgehead atoms. The lowest BCUT2D eigenvalue weighted by molar-refractivity contribution is 0.0620. The molecule has 1 unspecified atom stereocenters. The van der Waals surface area contributed by atoms with Crippen LogP contribution in [-0.2, 0) is 19.9 Å². The third-order valence-corrected chi connectivity index (χ3v) is 5.26. The van der Waals surface area contributed by atoms with Crippen molar-refractivity contribution in [1.82, 2.24) is 19.8 Å². The van der Waals surface area contributed by atoms with Crippen LogP contribution in [0.25, 0.3) is 0 Å². The quantitative estimate of drug-likeness (QED) is 0.920. The molecule has 1 aliphatic carbocycles. The highest BCUT2D eigenvalue weighted by Gasteiger charge is 2.31. The highest BCUT2D eigenvalue weighted by molar-refractivity contribution is 5.95. The van der Waals surface area contributed by atoms with Crippen molar-refractivity contribution in [3.63, 3.8) is 0 Å². The monoisotopic (exact) mass is 324 g/mol. The second kappa shape index (κ2) is 6.40. The maximum atomic E-state index is 13.2. The Morgan fingerprint density at radius 3 is 2.88 bits per heavy atom. The highest BCUT2D eigenvalue weighted by Crippen LogP contribution is 2.26. The zero-order chi connectivity index (χ0) is 16.5. The molecule has 1 aliphatic heterocycles. The third kappa shape index (κ3) is 2.73. The van der Waals surface area contributed by atoms with Gasteiger partial charge in [0.1, 0.15) is 11.9 Å². The van der Waals surface area contributed by atoms with Gasteiger partial charge in [-0.15, -0.1) is 0 Å². The van der Waals surface area contributed by atoms with Crippen LogP contribution in [0.3, 0.4) is 0 Å². The molecule has 2 aromatic rings. The number of aromatic nitrogens is 2. The number of imidazole rings is 1. The van der Waals surface area contributed by atoms with Crippen LogP contribution in [0.15, 0.2) is 30.6 Å². The number of aryl methyl sites for hydroxylation is 3. The number of piperazine rings is 1. The summed E-state index contributed by atoms with van der Waals surface area (Å²) >= 11 is 0. The molecule has 1 N–H and O–H groups in total. The molecule has 1 atom stereocenters. The molecule has 4 rings (SSSR count). The molecule has 0 radical (unpaired) electrons. The molecular formula is C19H24N4O. The Labute approximate surface area is 142 Å². The Morgan fingerprint density at radius 2 is 2.08 bits per heavy atom. The van der Waals surface area contributed by atoms with Crippen LogP contribution in [0.4, 0.5) is 0 Å². The summed E-state index contributed by atoms with van der Waals surface area (Å²) in [6, 6.07) is 6.26. The van der Waals surface area contributed by atoms with Crippen molar-refractivity contribution < 1.29 is 4.79 Å². The molecule has 5 nitrogen and oxygen atoms in total. The predicted molar refractivity (Wildman–Crippen MR) is 92.9 cm³/mol. The van der Waals surface area contributed by atoms with Crippen molar-refractivity contribution >= 4 is 5.91 Å². The van der Waals surface area contributed by atoms with Crippen molar-refractivity contribution in [2.24, 2.45) is 7.05 Å². The van der Waals surface area contributed by atoms with E-state index in [0.717, 1.165) is 37.3 Å². The Morgan fingerprint density at radius 1 is 1.25 bits per heavy atom. The summed E-state index contributed by atoms with van der Waals surface area (Å²) in [6.07, 6.45) is 8.47. The number of nitrogens with one attached hydrogen (secondary N) is 1. The average Bonchev–Trinajstić information content (AvgIpc) is 3.06. The van der Waals surface area contributed by atoms with Gasteiger partial charge >= 0.3 is 0 Å². The van der Waals surface area contributed by atoms with E-state index in [-0.39, 0.29) is 11.9 Å². The van der Waals surface area contributed by atoms with E-state index in [1.54, 1.807) is 6.20 Å². The van der Waals surface area contributed by atoms with Crippen molar-refractivity contribution in [3.05, 3.63) is 53.1 Å². The first kappa shape index (κ1) is 15.4. The van der Waals surface area contributed by atoms with Gasteiger partial charge in [0.05, 0.1) is 0 Å². The van der Waals surface area contributed by atoms with Gasteiger partial charge in [-0.25, -0.2) is 4.98 Å². The molecule has 2 aliphatic rings. The molecule has 126 valence electrons. The van der Waals surface area contributed by atoms with E-state index in [4.69, 9.17) is 0 Å². The van der Waals surface area contributed by atoms with Crippen molar-refractivity contribution in [2.75, 3.05) is 19.6 Å². The Kier molecular flexibility index (Phi) is 4.10. The minimum absolute atomic E-state index is 0.0118. The maximum Gasteiger partial charge on any atom is 0.254 e. The summed E-state index contributed by atoms with van der Waals surface area (Å²) in [4.78, 5) is 19.6. The first-order valence-corrected chi connectivity index (χ1v) is 8.85. The van der Waals surface area contributed by atoms with Crippen molar-refractivity contribution in [2.45, 2.75) is 31.7 Å². The first-order chi connectivity index (χ1) is 11.7. The standard InChI is InChI=1S/C19H24N4O/c1-22-10-9-21-18(22)17-13-20-8-11-23(17)19(24)16-7-6-14-4-2-3-5-15(14)12-16/h6-7,9-10,12,17,20H,2-5,8,11,13H2,1H3. The SMILES string of the molecule is Cn1ccnc1C1CNCCN1C(=O)c1ccc2c(c1)CCCC2. The summed E-state index contributed by atoms with van der Waals surface area (Å²) in [5.74, 6) is 1.06. The molecule has 2 heterocycles. The van der Waals surface area contributed by atoms with Crippen LogP contribution in [-0.4, -0.2) is 40.0 Å². The van der Waals surface area contributed by atoms with E-state index < -0.39 is 0 Å². The minimum atomic E-state index is -0.0118. The van der Waals surface area contributed by atoms with E-state index in [1.807, 2.05) is 28.8 Å². The van der Waals surface area contributed by atoms with Crippen LogP contribution in [0.2, 0.25) is 0 Å². The van der Waals surface area contributed by atoms with Gasteiger partial charge in [-0.05, 0) is 48.9 Å². The van der Waals surface area contributed by atoms with Gasteiger partial charge in [-0.1, -0.05) is 6.07 Å². The third-order valence-electron chi connectivity index (χ3n) is 5.26. The lowest BCUT2D eigenvalue weighted by Crippen LogP contribution is -2.49. The zero-order valence-electron chi connectivity index (χ0n) is 14.2. The van der Waals surface area contributed by atoms with Crippen LogP contribution in [0, 0.1) is 0 Å². The number of amides is 1. The van der Waals surface area contributed by atoms with Crippen LogP contribution in [0.1, 0.15) is 46.2 Å². The van der Waals surface area contributed by atoms with Gasteiger partial charge in [-0.3, -0.25) is 4.79 Å². The van der Waals surface area contributed by atoms with Gasteiger partial charge in [0.2, 0.25) is 0 Å². The number of carbonyl (C=O) groups is 1. The van der Waals surface area contributed by atoms with E-state index in [9.17, 15) is 4.79 Å². The molecule has 0 spiro atoms. The van der Waals surface area contributed by atoms with Crippen molar-refractivity contribution in [1.29, 1.82) is 0 Å². The Hall–Kier alpha value is -2.14. The number of hydrogen-bond acceptors (Lipinski definition) is 3. The Bertz CT molecular complexity index is 752. The number of carbonyl (C=O) groups excluding carboxylic acids is 1. The lowest BCUT2D eigenvalue weighted by Gasteiger charge is -2.36. The normalized spacial score (nSPS) is 20.7. The molecule has 0 saturated carbocycles. The van der Waals surface area contributed by atoms with E-state index in [2.05, 4.69) is 22.4 Å². The van der Waals surface area contributed by atoms with Gasteiger partial charge in [0.25, 0.3) is 5.91 Å². The fourth-order valence-corrected chi connectivity index (χ4v) is 3.91. The molecule has 1 aromatic heterocycles. The summed E-state index contributed by atoms with van der Waals surface area (Å²) in [6.45, 7) is 2.30. The zero-order valence-corrected chi connectivity index (χ0v) is 14.2. The van der Waals surface area contributed by atoms with E-state index in [1.165, 1.54) is 24.0 Å². The number of hydrogen-bond donors (Lipinski definition) is 1. The average molecular weight is 324 g/mol. The number of fused-ring (bicyclic) bond motifs is 1.